The van der Waals surface area contributed by atoms with Crippen LogP contribution in [0.1, 0.15) is 15.9 Å². The highest BCUT2D eigenvalue weighted by Gasteiger charge is 2.11. The van der Waals surface area contributed by atoms with Crippen LogP contribution in [0.5, 0.6) is 0 Å². The van der Waals surface area contributed by atoms with Crippen molar-refractivity contribution in [2.24, 2.45) is 0 Å². The number of rotatable bonds is 4. The van der Waals surface area contributed by atoms with Crippen molar-refractivity contribution >= 4 is 27.5 Å². The van der Waals surface area contributed by atoms with Gasteiger partial charge in [0.05, 0.1) is 5.56 Å². The standard InChI is InChI=1S/C15H14BrFN2O/c1-18-9-10-3-2-4-12(7-10)19-15(20)13-6-5-11(17)8-14(13)16/h2-8,18H,9H2,1H3,(H,19,20). The molecule has 2 rings (SSSR count). The van der Waals surface area contributed by atoms with E-state index >= 15 is 0 Å². The zero-order valence-electron chi connectivity index (χ0n) is 10.9. The molecule has 0 heterocycles. The summed E-state index contributed by atoms with van der Waals surface area (Å²) in [5, 5.41) is 5.85. The summed E-state index contributed by atoms with van der Waals surface area (Å²) in [6.07, 6.45) is 0. The maximum Gasteiger partial charge on any atom is 0.256 e. The summed E-state index contributed by atoms with van der Waals surface area (Å²) in [5.74, 6) is -0.664. The van der Waals surface area contributed by atoms with E-state index in [4.69, 9.17) is 0 Å². The molecular weight excluding hydrogens is 323 g/mol. The Morgan fingerprint density at radius 1 is 1.25 bits per heavy atom. The fourth-order valence-corrected chi connectivity index (χ4v) is 2.37. The Morgan fingerprint density at radius 3 is 2.75 bits per heavy atom. The van der Waals surface area contributed by atoms with Crippen LogP contribution in [-0.4, -0.2) is 13.0 Å². The Labute approximate surface area is 125 Å². The highest BCUT2D eigenvalue weighted by Crippen LogP contribution is 2.20. The molecule has 0 aliphatic heterocycles. The van der Waals surface area contributed by atoms with E-state index in [1.807, 2.05) is 31.3 Å². The molecule has 0 fully saturated rings. The maximum absolute atomic E-state index is 13.0. The first-order valence-corrected chi connectivity index (χ1v) is 6.89. The average Bonchev–Trinajstić information content (AvgIpc) is 2.39. The highest BCUT2D eigenvalue weighted by molar-refractivity contribution is 9.10. The van der Waals surface area contributed by atoms with E-state index in [0.29, 0.717) is 15.7 Å². The Hall–Kier alpha value is -1.72. The zero-order chi connectivity index (χ0) is 14.5. The van der Waals surface area contributed by atoms with Crippen LogP contribution in [-0.2, 0) is 6.54 Å². The van der Waals surface area contributed by atoms with Gasteiger partial charge in [-0.2, -0.15) is 0 Å². The van der Waals surface area contributed by atoms with Gasteiger partial charge in [0.1, 0.15) is 5.82 Å². The van der Waals surface area contributed by atoms with Gasteiger partial charge in [-0.05, 0) is 58.9 Å². The number of hydrogen-bond acceptors (Lipinski definition) is 2. The second-order valence-corrected chi connectivity index (χ2v) is 5.16. The summed E-state index contributed by atoms with van der Waals surface area (Å²) in [6, 6.07) is 11.5. The predicted octanol–water partition coefficient (Wildman–Crippen LogP) is 3.56. The third-order valence-electron chi connectivity index (χ3n) is 2.74. The second kappa shape index (κ2) is 6.63. The van der Waals surface area contributed by atoms with Crippen LogP contribution in [0.4, 0.5) is 10.1 Å². The molecule has 0 saturated heterocycles. The number of anilines is 1. The fraction of sp³-hybridized carbons (Fsp3) is 0.133. The lowest BCUT2D eigenvalue weighted by Crippen LogP contribution is -2.13. The monoisotopic (exact) mass is 336 g/mol. The fourth-order valence-electron chi connectivity index (χ4n) is 1.84. The SMILES string of the molecule is CNCc1cccc(NC(=O)c2ccc(F)cc2Br)c1. The largest absolute Gasteiger partial charge is 0.322 e. The quantitative estimate of drug-likeness (QED) is 0.896. The molecule has 2 N–H and O–H groups in total. The molecule has 104 valence electrons. The first-order valence-electron chi connectivity index (χ1n) is 6.10. The van der Waals surface area contributed by atoms with E-state index in [9.17, 15) is 9.18 Å². The molecule has 0 unspecified atom stereocenters. The van der Waals surface area contributed by atoms with E-state index in [0.717, 1.165) is 12.1 Å². The van der Waals surface area contributed by atoms with Crippen LogP contribution in [0.15, 0.2) is 46.9 Å². The molecule has 0 atom stereocenters. The van der Waals surface area contributed by atoms with Gasteiger partial charge < -0.3 is 10.6 Å². The van der Waals surface area contributed by atoms with E-state index in [1.165, 1.54) is 18.2 Å². The van der Waals surface area contributed by atoms with Crippen LogP contribution in [0, 0.1) is 5.82 Å². The van der Waals surface area contributed by atoms with Crippen molar-refractivity contribution in [3.63, 3.8) is 0 Å². The highest BCUT2D eigenvalue weighted by atomic mass is 79.9. The molecule has 1 amide bonds. The van der Waals surface area contributed by atoms with Gasteiger partial charge in [0, 0.05) is 16.7 Å². The number of nitrogens with one attached hydrogen (secondary N) is 2. The second-order valence-electron chi connectivity index (χ2n) is 4.31. The summed E-state index contributed by atoms with van der Waals surface area (Å²) < 4.78 is 13.4. The van der Waals surface area contributed by atoms with E-state index in [2.05, 4.69) is 26.6 Å². The molecule has 20 heavy (non-hydrogen) atoms. The third kappa shape index (κ3) is 3.65. The van der Waals surface area contributed by atoms with Gasteiger partial charge in [0.2, 0.25) is 0 Å². The molecular formula is C15H14BrFN2O. The average molecular weight is 337 g/mol. The summed E-state index contributed by atoms with van der Waals surface area (Å²) in [4.78, 5) is 12.1. The molecule has 0 radical (unpaired) electrons. The Kier molecular flexibility index (Phi) is 4.87. The molecule has 0 aromatic heterocycles. The molecule has 0 aliphatic carbocycles. The zero-order valence-corrected chi connectivity index (χ0v) is 12.5. The third-order valence-corrected chi connectivity index (χ3v) is 3.40. The lowest BCUT2D eigenvalue weighted by Gasteiger charge is -2.08. The van der Waals surface area contributed by atoms with Gasteiger partial charge in [-0.1, -0.05) is 12.1 Å². The van der Waals surface area contributed by atoms with Gasteiger partial charge in [0.25, 0.3) is 5.91 Å². The van der Waals surface area contributed by atoms with Crippen molar-refractivity contribution < 1.29 is 9.18 Å². The number of amides is 1. The number of halogens is 2. The van der Waals surface area contributed by atoms with E-state index in [-0.39, 0.29) is 11.7 Å². The van der Waals surface area contributed by atoms with Gasteiger partial charge in [-0.3, -0.25) is 4.79 Å². The first-order chi connectivity index (χ1) is 9.60. The lowest BCUT2D eigenvalue weighted by atomic mass is 10.1. The molecule has 0 saturated carbocycles. The molecule has 3 nitrogen and oxygen atoms in total. The van der Waals surface area contributed by atoms with Gasteiger partial charge >= 0.3 is 0 Å². The molecule has 2 aromatic carbocycles. The predicted molar refractivity (Wildman–Crippen MR) is 81.3 cm³/mol. The van der Waals surface area contributed by atoms with E-state index < -0.39 is 0 Å². The normalized spacial score (nSPS) is 10.3. The molecule has 0 spiro atoms. The van der Waals surface area contributed by atoms with Crippen molar-refractivity contribution in [2.75, 3.05) is 12.4 Å². The Bertz CT molecular complexity index is 631. The van der Waals surface area contributed by atoms with Gasteiger partial charge in [0.15, 0.2) is 0 Å². The number of carbonyl (C=O) groups excluding carboxylic acids is 1. The van der Waals surface area contributed by atoms with Crippen molar-refractivity contribution in [3.8, 4) is 0 Å². The molecule has 0 bridgehead atoms. The van der Waals surface area contributed by atoms with Crippen molar-refractivity contribution in [2.45, 2.75) is 6.54 Å². The maximum atomic E-state index is 13.0. The summed E-state index contributed by atoms with van der Waals surface area (Å²) in [7, 11) is 1.86. The molecule has 5 heteroatoms. The van der Waals surface area contributed by atoms with E-state index in [1.54, 1.807) is 0 Å². The Balaban J connectivity index is 2.17. The van der Waals surface area contributed by atoms with Crippen LogP contribution in [0.2, 0.25) is 0 Å². The minimum atomic E-state index is -0.385. The summed E-state index contributed by atoms with van der Waals surface area (Å²) in [5.41, 5.74) is 2.17. The summed E-state index contributed by atoms with van der Waals surface area (Å²) >= 11 is 3.19. The van der Waals surface area contributed by atoms with Crippen molar-refractivity contribution in [1.82, 2.24) is 5.32 Å². The molecule has 2 aromatic rings. The smallest absolute Gasteiger partial charge is 0.256 e. The molecule has 0 aliphatic rings. The summed E-state index contributed by atoms with van der Waals surface area (Å²) in [6.45, 7) is 0.726. The van der Waals surface area contributed by atoms with Crippen LogP contribution >= 0.6 is 15.9 Å². The van der Waals surface area contributed by atoms with Gasteiger partial charge in [-0.25, -0.2) is 4.39 Å². The van der Waals surface area contributed by atoms with Crippen LogP contribution in [0.25, 0.3) is 0 Å². The van der Waals surface area contributed by atoms with Crippen LogP contribution in [0.3, 0.4) is 0 Å². The topological polar surface area (TPSA) is 41.1 Å². The number of carbonyl (C=O) groups is 1. The number of benzene rings is 2. The Morgan fingerprint density at radius 2 is 2.05 bits per heavy atom. The van der Waals surface area contributed by atoms with Crippen molar-refractivity contribution in [3.05, 3.63) is 63.9 Å². The number of hydrogen-bond donors (Lipinski definition) is 2. The minimum Gasteiger partial charge on any atom is -0.322 e. The lowest BCUT2D eigenvalue weighted by molar-refractivity contribution is 0.102. The first kappa shape index (κ1) is 14.7. The minimum absolute atomic E-state index is 0.279. The van der Waals surface area contributed by atoms with Gasteiger partial charge in [-0.15, -0.1) is 0 Å². The van der Waals surface area contributed by atoms with Crippen molar-refractivity contribution in [1.29, 1.82) is 0 Å². The van der Waals surface area contributed by atoms with Crippen LogP contribution < -0.4 is 10.6 Å².